The Morgan fingerprint density at radius 2 is 2.27 bits per heavy atom. The molecule has 78 valence electrons. The third-order valence-electron chi connectivity index (χ3n) is 2.06. The average Bonchev–Trinajstić information content (AvgIpc) is 2.55. The molecule has 2 aromatic rings. The van der Waals surface area contributed by atoms with Gasteiger partial charge in [0.1, 0.15) is 5.58 Å². The number of aromatic carboxylic acids is 1. The zero-order chi connectivity index (χ0) is 11.0. The number of furan rings is 1. The van der Waals surface area contributed by atoms with Crippen LogP contribution in [0.4, 0.5) is 5.69 Å². The van der Waals surface area contributed by atoms with Gasteiger partial charge in [0, 0.05) is 11.1 Å². The molecule has 0 radical (unpaired) electrons. The first-order valence-electron chi connectivity index (χ1n) is 4.23. The highest BCUT2D eigenvalue weighted by Crippen LogP contribution is 2.33. The predicted octanol–water partition coefficient (Wildman–Crippen LogP) is 2.44. The van der Waals surface area contributed by atoms with Crippen molar-refractivity contribution in [2.24, 2.45) is 0 Å². The van der Waals surface area contributed by atoms with Crippen molar-refractivity contribution in [1.29, 1.82) is 0 Å². The van der Waals surface area contributed by atoms with Crippen LogP contribution in [0.5, 0.6) is 0 Å². The largest absolute Gasteiger partial charge is 0.475 e. The van der Waals surface area contributed by atoms with Crippen LogP contribution in [0, 0.1) is 0 Å². The summed E-state index contributed by atoms with van der Waals surface area (Å²) in [5.74, 6) is -1.09. The highest BCUT2D eigenvalue weighted by atomic mass is 32.2. The van der Waals surface area contributed by atoms with Gasteiger partial charge in [-0.2, -0.15) is 0 Å². The Labute approximate surface area is 90.1 Å². The smallest absolute Gasteiger partial charge is 0.373 e. The van der Waals surface area contributed by atoms with Gasteiger partial charge in [0.25, 0.3) is 0 Å². The number of carboxylic acid groups (broad SMARTS) is 1. The minimum absolute atomic E-state index is 0.0249. The van der Waals surface area contributed by atoms with E-state index in [1.165, 1.54) is 11.8 Å². The van der Waals surface area contributed by atoms with Crippen LogP contribution < -0.4 is 5.73 Å². The second kappa shape index (κ2) is 3.51. The number of hydrogen-bond donors (Lipinski definition) is 2. The minimum atomic E-state index is -1.06. The summed E-state index contributed by atoms with van der Waals surface area (Å²) in [6, 6.07) is 5.08. The third-order valence-corrected chi connectivity index (χ3v) is 2.88. The SMILES string of the molecule is CSc1c(C(=O)O)oc2ccc(N)cc12. The van der Waals surface area contributed by atoms with E-state index in [9.17, 15) is 4.79 Å². The Morgan fingerprint density at radius 1 is 1.53 bits per heavy atom. The van der Waals surface area contributed by atoms with Crippen molar-refractivity contribution in [2.75, 3.05) is 12.0 Å². The molecule has 0 unspecified atom stereocenters. The number of anilines is 1. The second-order valence-corrected chi connectivity index (χ2v) is 3.84. The van der Waals surface area contributed by atoms with Crippen LogP contribution >= 0.6 is 11.8 Å². The number of benzene rings is 1. The van der Waals surface area contributed by atoms with Crippen LogP contribution in [-0.2, 0) is 0 Å². The molecule has 1 heterocycles. The molecule has 0 amide bonds. The minimum Gasteiger partial charge on any atom is -0.475 e. The summed E-state index contributed by atoms with van der Waals surface area (Å²) >= 11 is 1.34. The lowest BCUT2D eigenvalue weighted by molar-refractivity contribution is 0.0660. The first kappa shape index (κ1) is 9.92. The van der Waals surface area contributed by atoms with Gasteiger partial charge in [-0.1, -0.05) is 0 Å². The number of rotatable bonds is 2. The molecule has 0 aliphatic heterocycles. The van der Waals surface area contributed by atoms with Crippen LogP contribution in [0.1, 0.15) is 10.6 Å². The molecule has 1 aromatic heterocycles. The van der Waals surface area contributed by atoms with E-state index in [0.717, 1.165) is 5.39 Å². The Bertz CT molecular complexity index is 533. The van der Waals surface area contributed by atoms with Crippen LogP contribution in [0.2, 0.25) is 0 Å². The number of nitrogen functional groups attached to an aromatic ring is 1. The summed E-state index contributed by atoms with van der Waals surface area (Å²) in [5.41, 5.74) is 6.77. The van der Waals surface area contributed by atoms with E-state index in [-0.39, 0.29) is 5.76 Å². The lowest BCUT2D eigenvalue weighted by Crippen LogP contribution is -1.94. The lowest BCUT2D eigenvalue weighted by Gasteiger charge is -1.94. The van der Waals surface area contributed by atoms with E-state index in [2.05, 4.69) is 0 Å². The van der Waals surface area contributed by atoms with Crippen molar-refractivity contribution in [3.8, 4) is 0 Å². The zero-order valence-electron chi connectivity index (χ0n) is 7.98. The number of nitrogens with two attached hydrogens (primary N) is 1. The maximum atomic E-state index is 10.9. The van der Waals surface area contributed by atoms with Crippen LogP contribution in [0.25, 0.3) is 11.0 Å². The highest BCUT2D eigenvalue weighted by Gasteiger charge is 2.19. The molecule has 0 fully saturated rings. The van der Waals surface area contributed by atoms with Gasteiger partial charge in [0.05, 0.1) is 4.90 Å². The molecule has 3 N–H and O–H groups in total. The van der Waals surface area contributed by atoms with Crippen molar-refractivity contribution in [3.63, 3.8) is 0 Å². The molecular weight excluding hydrogens is 214 g/mol. The zero-order valence-corrected chi connectivity index (χ0v) is 8.80. The predicted molar refractivity (Wildman–Crippen MR) is 59.4 cm³/mol. The Morgan fingerprint density at radius 3 is 2.87 bits per heavy atom. The lowest BCUT2D eigenvalue weighted by atomic mass is 10.2. The van der Waals surface area contributed by atoms with Crippen molar-refractivity contribution in [2.45, 2.75) is 4.90 Å². The molecular formula is C10H9NO3S. The fourth-order valence-corrected chi connectivity index (χ4v) is 2.13. The number of hydrogen-bond acceptors (Lipinski definition) is 4. The van der Waals surface area contributed by atoms with E-state index < -0.39 is 5.97 Å². The maximum absolute atomic E-state index is 10.9. The fourth-order valence-electron chi connectivity index (χ4n) is 1.44. The number of carboxylic acids is 1. The summed E-state index contributed by atoms with van der Waals surface area (Å²) in [7, 11) is 0. The molecule has 5 heteroatoms. The molecule has 0 saturated heterocycles. The number of fused-ring (bicyclic) bond motifs is 1. The highest BCUT2D eigenvalue weighted by molar-refractivity contribution is 7.98. The quantitative estimate of drug-likeness (QED) is 0.604. The van der Waals surface area contributed by atoms with Crippen molar-refractivity contribution < 1.29 is 14.3 Å². The Balaban J connectivity index is 2.79. The van der Waals surface area contributed by atoms with Crippen molar-refractivity contribution in [1.82, 2.24) is 0 Å². The van der Waals surface area contributed by atoms with Gasteiger partial charge in [-0.15, -0.1) is 11.8 Å². The fraction of sp³-hybridized carbons (Fsp3) is 0.100. The molecule has 15 heavy (non-hydrogen) atoms. The topological polar surface area (TPSA) is 76.5 Å². The molecule has 0 spiro atoms. The Hall–Kier alpha value is -1.62. The summed E-state index contributed by atoms with van der Waals surface area (Å²) < 4.78 is 5.23. The first-order chi connectivity index (χ1) is 7.13. The normalized spacial score (nSPS) is 10.7. The summed E-state index contributed by atoms with van der Waals surface area (Å²) in [4.78, 5) is 11.5. The van der Waals surface area contributed by atoms with E-state index in [1.807, 2.05) is 0 Å². The maximum Gasteiger partial charge on any atom is 0.373 e. The van der Waals surface area contributed by atoms with Gasteiger partial charge in [-0.05, 0) is 24.5 Å². The van der Waals surface area contributed by atoms with E-state index in [0.29, 0.717) is 16.2 Å². The van der Waals surface area contributed by atoms with Crippen LogP contribution in [0.3, 0.4) is 0 Å². The summed E-state index contributed by atoms with van der Waals surface area (Å²) in [5, 5.41) is 9.68. The van der Waals surface area contributed by atoms with Gasteiger partial charge in [0.15, 0.2) is 0 Å². The summed E-state index contributed by atoms with van der Waals surface area (Å²) in [6.07, 6.45) is 1.81. The van der Waals surface area contributed by atoms with Crippen molar-refractivity contribution >= 4 is 34.4 Å². The number of thioether (sulfide) groups is 1. The molecule has 0 bridgehead atoms. The van der Waals surface area contributed by atoms with Gasteiger partial charge < -0.3 is 15.3 Å². The standard InChI is InChI=1S/C10H9NO3S/c1-15-9-6-4-5(11)2-3-7(6)14-8(9)10(12)13/h2-4H,11H2,1H3,(H,12,13). The van der Waals surface area contributed by atoms with E-state index in [1.54, 1.807) is 24.5 Å². The third kappa shape index (κ3) is 1.55. The van der Waals surface area contributed by atoms with Crippen LogP contribution in [-0.4, -0.2) is 17.3 Å². The van der Waals surface area contributed by atoms with E-state index >= 15 is 0 Å². The van der Waals surface area contributed by atoms with Crippen LogP contribution in [0.15, 0.2) is 27.5 Å². The molecule has 0 aliphatic rings. The molecule has 1 aromatic carbocycles. The molecule has 0 aliphatic carbocycles. The second-order valence-electron chi connectivity index (χ2n) is 3.03. The monoisotopic (exact) mass is 223 g/mol. The van der Waals surface area contributed by atoms with Crippen molar-refractivity contribution in [3.05, 3.63) is 24.0 Å². The summed E-state index contributed by atoms with van der Waals surface area (Å²) in [6.45, 7) is 0. The molecule has 0 atom stereocenters. The molecule has 4 nitrogen and oxygen atoms in total. The molecule has 0 saturated carbocycles. The van der Waals surface area contributed by atoms with E-state index in [4.69, 9.17) is 15.3 Å². The first-order valence-corrected chi connectivity index (χ1v) is 5.45. The Kier molecular flexibility index (Phi) is 2.32. The average molecular weight is 223 g/mol. The van der Waals surface area contributed by atoms with Gasteiger partial charge in [-0.25, -0.2) is 4.79 Å². The number of carbonyl (C=O) groups is 1. The van der Waals surface area contributed by atoms with Gasteiger partial charge in [0.2, 0.25) is 5.76 Å². The van der Waals surface area contributed by atoms with Gasteiger partial charge >= 0.3 is 5.97 Å². The molecule has 2 rings (SSSR count). The van der Waals surface area contributed by atoms with Gasteiger partial charge in [-0.3, -0.25) is 0 Å².